The zero-order valence-electron chi connectivity index (χ0n) is 21.5. The fourth-order valence-electron chi connectivity index (χ4n) is 4.82. The summed E-state index contributed by atoms with van der Waals surface area (Å²) in [6.07, 6.45) is 7.37. The van der Waals surface area contributed by atoms with Crippen molar-refractivity contribution in [1.29, 1.82) is 0 Å². The molecule has 0 saturated heterocycles. The Bertz CT molecular complexity index is 912. The molecule has 0 radical (unpaired) electrons. The second-order valence-corrected chi connectivity index (χ2v) is 10.2. The van der Waals surface area contributed by atoms with Gasteiger partial charge in [-0.05, 0) is 55.2 Å². The standard InChI is InChI=1S/C30H42N2O2/c1-5-28(30(34)31-27-9-7-6-8-10-27)32(21-25-13-11-23(4)12-14-25)29(33)20-17-24-15-18-26(19-16-24)22(2)3/h11-16,18-19,22,27-28H,5-10,17,20-21H2,1-4H3,(H,31,34)/t28-/m1/s1. The number of carbonyl (C=O) groups is 2. The minimum absolute atomic E-state index is 0.00357. The molecule has 0 aliphatic heterocycles. The molecule has 1 saturated carbocycles. The van der Waals surface area contributed by atoms with E-state index in [2.05, 4.69) is 74.6 Å². The first kappa shape index (κ1) is 26.0. The minimum atomic E-state index is -0.445. The van der Waals surface area contributed by atoms with E-state index >= 15 is 0 Å². The molecule has 1 aliphatic rings. The van der Waals surface area contributed by atoms with Crippen molar-refractivity contribution in [2.75, 3.05) is 0 Å². The van der Waals surface area contributed by atoms with E-state index in [-0.39, 0.29) is 17.9 Å². The highest BCUT2D eigenvalue weighted by atomic mass is 16.2. The summed E-state index contributed by atoms with van der Waals surface area (Å²) >= 11 is 0. The van der Waals surface area contributed by atoms with Crippen molar-refractivity contribution in [3.8, 4) is 0 Å². The van der Waals surface area contributed by atoms with Crippen LogP contribution >= 0.6 is 0 Å². The number of hydrogen-bond acceptors (Lipinski definition) is 2. The maximum absolute atomic E-state index is 13.5. The second-order valence-electron chi connectivity index (χ2n) is 10.2. The maximum Gasteiger partial charge on any atom is 0.243 e. The zero-order valence-corrected chi connectivity index (χ0v) is 21.5. The van der Waals surface area contributed by atoms with Crippen LogP contribution in [-0.4, -0.2) is 28.8 Å². The molecule has 2 amide bonds. The molecule has 0 aromatic heterocycles. The van der Waals surface area contributed by atoms with Crippen LogP contribution in [0, 0.1) is 6.92 Å². The van der Waals surface area contributed by atoms with Gasteiger partial charge in [-0.25, -0.2) is 0 Å². The molecule has 1 N–H and O–H groups in total. The largest absolute Gasteiger partial charge is 0.352 e. The van der Waals surface area contributed by atoms with Gasteiger partial charge in [0.2, 0.25) is 11.8 Å². The number of carbonyl (C=O) groups excluding carboxylic acids is 2. The molecule has 1 aliphatic carbocycles. The molecule has 3 rings (SSSR count). The van der Waals surface area contributed by atoms with E-state index < -0.39 is 6.04 Å². The first-order valence-electron chi connectivity index (χ1n) is 13.1. The van der Waals surface area contributed by atoms with Crippen LogP contribution in [0.3, 0.4) is 0 Å². The van der Waals surface area contributed by atoms with Crippen molar-refractivity contribution in [2.24, 2.45) is 0 Å². The van der Waals surface area contributed by atoms with Crippen molar-refractivity contribution < 1.29 is 9.59 Å². The van der Waals surface area contributed by atoms with Crippen LogP contribution in [0.2, 0.25) is 0 Å². The number of amides is 2. The Labute approximate surface area is 206 Å². The number of hydrogen-bond donors (Lipinski definition) is 1. The van der Waals surface area contributed by atoms with E-state index in [1.54, 1.807) is 0 Å². The van der Waals surface area contributed by atoms with Crippen molar-refractivity contribution in [1.82, 2.24) is 10.2 Å². The lowest BCUT2D eigenvalue weighted by molar-refractivity contribution is -0.141. The lowest BCUT2D eigenvalue weighted by Gasteiger charge is -2.33. The van der Waals surface area contributed by atoms with E-state index in [1.165, 1.54) is 30.4 Å². The molecule has 1 atom stereocenters. The summed E-state index contributed by atoms with van der Waals surface area (Å²) in [6, 6.07) is 16.6. The third-order valence-electron chi connectivity index (χ3n) is 7.08. The summed E-state index contributed by atoms with van der Waals surface area (Å²) in [6.45, 7) is 8.90. The Balaban J connectivity index is 1.73. The topological polar surface area (TPSA) is 49.4 Å². The minimum Gasteiger partial charge on any atom is -0.352 e. The SMILES string of the molecule is CC[C@H](C(=O)NC1CCCCC1)N(Cc1ccc(C)cc1)C(=O)CCc1ccc(C(C)C)cc1. The quantitative estimate of drug-likeness (QED) is 0.450. The van der Waals surface area contributed by atoms with Crippen LogP contribution in [-0.2, 0) is 22.6 Å². The van der Waals surface area contributed by atoms with Crippen LogP contribution in [0.15, 0.2) is 48.5 Å². The van der Waals surface area contributed by atoms with Gasteiger partial charge < -0.3 is 10.2 Å². The van der Waals surface area contributed by atoms with E-state index in [4.69, 9.17) is 0 Å². The van der Waals surface area contributed by atoms with Crippen LogP contribution in [0.4, 0.5) is 0 Å². The third kappa shape index (κ3) is 7.44. The maximum atomic E-state index is 13.5. The summed E-state index contributed by atoms with van der Waals surface area (Å²) in [5.74, 6) is 0.531. The van der Waals surface area contributed by atoms with Gasteiger partial charge in [-0.3, -0.25) is 9.59 Å². The highest BCUT2D eigenvalue weighted by Crippen LogP contribution is 2.20. The number of benzene rings is 2. The first-order valence-corrected chi connectivity index (χ1v) is 13.1. The second kappa shape index (κ2) is 12.7. The molecule has 0 spiro atoms. The Kier molecular flexibility index (Phi) is 9.74. The van der Waals surface area contributed by atoms with Gasteiger partial charge in [-0.2, -0.15) is 0 Å². The van der Waals surface area contributed by atoms with Gasteiger partial charge in [0.15, 0.2) is 0 Å². The highest BCUT2D eigenvalue weighted by molar-refractivity contribution is 5.88. The summed E-state index contributed by atoms with van der Waals surface area (Å²) < 4.78 is 0. The van der Waals surface area contributed by atoms with E-state index in [0.29, 0.717) is 31.7 Å². The van der Waals surface area contributed by atoms with Gasteiger partial charge in [0.1, 0.15) is 6.04 Å². The zero-order chi connectivity index (χ0) is 24.5. The van der Waals surface area contributed by atoms with E-state index in [0.717, 1.165) is 24.0 Å². The van der Waals surface area contributed by atoms with Crippen LogP contribution in [0.1, 0.15) is 93.9 Å². The van der Waals surface area contributed by atoms with Crippen molar-refractivity contribution in [3.05, 3.63) is 70.8 Å². The Morgan fingerprint density at radius 1 is 0.941 bits per heavy atom. The van der Waals surface area contributed by atoms with Crippen molar-refractivity contribution in [3.63, 3.8) is 0 Å². The number of nitrogens with zero attached hydrogens (tertiary/aromatic N) is 1. The molecule has 2 aromatic carbocycles. The van der Waals surface area contributed by atoms with Gasteiger partial charge >= 0.3 is 0 Å². The smallest absolute Gasteiger partial charge is 0.243 e. The molecule has 0 bridgehead atoms. The lowest BCUT2D eigenvalue weighted by Crippen LogP contribution is -2.51. The Morgan fingerprint density at radius 3 is 2.15 bits per heavy atom. The number of rotatable bonds is 10. The molecule has 0 heterocycles. The molecule has 34 heavy (non-hydrogen) atoms. The molecule has 4 nitrogen and oxygen atoms in total. The van der Waals surface area contributed by atoms with Crippen LogP contribution in [0.5, 0.6) is 0 Å². The summed E-state index contributed by atoms with van der Waals surface area (Å²) in [7, 11) is 0. The number of nitrogens with one attached hydrogen (secondary N) is 1. The monoisotopic (exact) mass is 462 g/mol. The van der Waals surface area contributed by atoms with Gasteiger partial charge in [-0.1, -0.05) is 94.1 Å². The summed E-state index contributed by atoms with van der Waals surface area (Å²) in [5, 5.41) is 3.26. The predicted octanol–water partition coefficient (Wildman–Crippen LogP) is 6.31. The van der Waals surface area contributed by atoms with E-state index in [9.17, 15) is 9.59 Å². The Morgan fingerprint density at radius 2 is 1.56 bits per heavy atom. The molecule has 4 heteroatoms. The molecule has 2 aromatic rings. The van der Waals surface area contributed by atoms with Crippen molar-refractivity contribution in [2.45, 2.75) is 104 Å². The molecule has 0 unspecified atom stereocenters. The fraction of sp³-hybridized carbons (Fsp3) is 0.533. The molecular weight excluding hydrogens is 420 g/mol. The normalized spacial score (nSPS) is 15.2. The average Bonchev–Trinajstić information content (AvgIpc) is 2.84. The molecule has 1 fully saturated rings. The van der Waals surface area contributed by atoms with Crippen LogP contribution < -0.4 is 5.32 Å². The van der Waals surface area contributed by atoms with Gasteiger partial charge in [0, 0.05) is 19.0 Å². The molecule has 184 valence electrons. The highest BCUT2D eigenvalue weighted by Gasteiger charge is 2.30. The summed E-state index contributed by atoms with van der Waals surface area (Å²) in [4.78, 5) is 28.6. The van der Waals surface area contributed by atoms with Gasteiger partial charge in [0.25, 0.3) is 0 Å². The van der Waals surface area contributed by atoms with E-state index in [1.807, 2.05) is 11.8 Å². The van der Waals surface area contributed by atoms with Gasteiger partial charge in [0.05, 0.1) is 0 Å². The number of aryl methyl sites for hydroxylation is 2. The fourth-order valence-corrected chi connectivity index (χ4v) is 4.82. The predicted molar refractivity (Wildman–Crippen MR) is 140 cm³/mol. The lowest BCUT2D eigenvalue weighted by atomic mass is 9.95. The van der Waals surface area contributed by atoms with Gasteiger partial charge in [-0.15, -0.1) is 0 Å². The van der Waals surface area contributed by atoms with Crippen LogP contribution in [0.25, 0.3) is 0 Å². The van der Waals surface area contributed by atoms with Crippen molar-refractivity contribution >= 4 is 11.8 Å². The molecular formula is C30H42N2O2. The summed E-state index contributed by atoms with van der Waals surface area (Å²) in [5.41, 5.74) is 4.71. The first-order chi connectivity index (χ1) is 16.4. The Hall–Kier alpha value is -2.62. The third-order valence-corrected chi connectivity index (χ3v) is 7.08. The average molecular weight is 463 g/mol.